The van der Waals surface area contributed by atoms with E-state index in [9.17, 15) is 10.1 Å². The Bertz CT molecular complexity index is 1580. The number of likely N-dealkylation sites (N-methyl/N-ethyl adjacent to an activating group) is 1. The number of carbonyl (C=O) groups is 1. The van der Waals surface area contributed by atoms with Gasteiger partial charge in [-0.05, 0) is 57.0 Å². The molecule has 3 aliphatic heterocycles. The molecule has 0 bridgehead atoms. The summed E-state index contributed by atoms with van der Waals surface area (Å²) in [7, 11) is 4.14. The van der Waals surface area contributed by atoms with Gasteiger partial charge in [0.25, 0.3) is 0 Å². The van der Waals surface area contributed by atoms with E-state index in [1.165, 1.54) is 28.1 Å². The van der Waals surface area contributed by atoms with Crippen molar-refractivity contribution in [3.8, 4) is 12.1 Å². The third kappa shape index (κ3) is 5.94. The third-order valence-electron chi connectivity index (χ3n) is 9.21. The van der Waals surface area contributed by atoms with Crippen molar-refractivity contribution in [3.05, 3.63) is 65.9 Å². The Labute approximate surface area is 259 Å². The van der Waals surface area contributed by atoms with Crippen molar-refractivity contribution in [2.45, 2.75) is 50.9 Å². The van der Waals surface area contributed by atoms with Crippen molar-refractivity contribution in [3.63, 3.8) is 0 Å². The van der Waals surface area contributed by atoms with Crippen LogP contribution in [0.5, 0.6) is 6.01 Å². The Kier molecular flexibility index (Phi) is 8.69. The molecule has 10 heteroatoms. The number of amides is 1. The number of ether oxygens (including phenoxy) is 2. The SMILES string of the molecule is C=CC(=O)N1CCN(c2nc(OC[C@@H]3CC(N(C)C)CO3)nc3c2CCN(c2cccc4cccc(C)c24)C3)C[C@@H]1CC#N. The number of hydrogen-bond donors (Lipinski definition) is 0. The second kappa shape index (κ2) is 12.8. The van der Waals surface area contributed by atoms with Gasteiger partial charge in [-0.15, -0.1) is 0 Å². The first-order valence-corrected chi connectivity index (χ1v) is 15.4. The quantitative estimate of drug-likeness (QED) is 0.361. The zero-order valence-electron chi connectivity index (χ0n) is 25.9. The summed E-state index contributed by atoms with van der Waals surface area (Å²) in [5, 5.41) is 12.0. The largest absolute Gasteiger partial charge is 0.461 e. The summed E-state index contributed by atoms with van der Waals surface area (Å²) in [6.07, 6.45) is 3.22. The van der Waals surface area contributed by atoms with E-state index in [2.05, 4.69) is 84.8 Å². The molecule has 6 rings (SSSR count). The molecule has 4 heterocycles. The maximum Gasteiger partial charge on any atom is 0.318 e. The Hall–Kier alpha value is -4.20. The predicted molar refractivity (Wildman–Crippen MR) is 171 cm³/mol. The minimum Gasteiger partial charge on any atom is -0.461 e. The fraction of sp³-hybridized carbons (Fsp3) is 0.471. The fourth-order valence-corrected chi connectivity index (χ4v) is 6.75. The first-order chi connectivity index (χ1) is 21.4. The number of hydrogen-bond acceptors (Lipinski definition) is 9. The zero-order chi connectivity index (χ0) is 30.8. The number of nitrogens with zero attached hydrogens (tertiary/aromatic N) is 7. The summed E-state index contributed by atoms with van der Waals surface area (Å²) in [6.45, 7) is 9.96. The average Bonchev–Trinajstić information content (AvgIpc) is 3.52. The molecule has 0 radical (unpaired) electrons. The number of anilines is 2. The number of fused-ring (bicyclic) bond motifs is 2. The van der Waals surface area contributed by atoms with E-state index < -0.39 is 0 Å². The summed E-state index contributed by atoms with van der Waals surface area (Å²) in [5.74, 6) is 0.693. The lowest BCUT2D eigenvalue weighted by atomic mass is 9.99. The van der Waals surface area contributed by atoms with E-state index in [-0.39, 0.29) is 24.5 Å². The molecule has 3 aliphatic rings. The zero-order valence-corrected chi connectivity index (χ0v) is 25.9. The van der Waals surface area contributed by atoms with Crippen LogP contribution in [0.2, 0.25) is 0 Å². The van der Waals surface area contributed by atoms with Gasteiger partial charge in [0, 0.05) is 48.9 Å². The summed E-state index contributed by atoms with van der Waals surface area (Å²) in [6, 6.07) is 15.6. The Balaban J connectivity index is 1.32. The highest BCUT2D eigenvalue weighted by Gasteiger charge is 2.34. The lowest BCUT2D eigenvalue weighted by molar-refractivity contribution is -0.128. The first-order valence-electron chi connectivity index (χ1n) is 15.4. The number of piperazine rings is 1. The van der Waals surface area contributed by atoms with Gasteiger partial charge in [0.1, 0.15) is 12.4 Å². The van der Waals surface area contributed by atoms with Crippen molar-refractivity contribution in [2.24, 2.45) is 0 Å². The number of nitriles is 1. The smallest absolute Gasteiger partial charge is 0.318 e. The lowest BCUT2D eigenvalue weighted by Gasteiger charge is -2.42. The van der Waals surface area contributed by atoms with E-state index in [4.69, 9.17) is 19.4 Å². The molecule has 1 amide bonds. The molecule has 1 unspecified atom stereocenters. The van der Waals surface area contributed by atoms with E-state index >= 15 is 0 Å². The van der Waals surface area contributed by atoms with E-state index in [1.54, 1.807) is 4.90 Å². The Morgan fingerprint density at radius 1 is 1.18 bits per heavy atom. The van der Waals surface area contributed by atoms with E-state index in [1.807, 2.05) is 0 Å². The topological polar surface area (TPSA) is 98.1 Å². The Morgan fingerprint density at radius 2 is 2.00 bits per heavy atom. The van der Waals surface area contributed by atoms with Gasteiger partial charge < -0.3 is 29.1 Å². The van der Waals surface area contributed by atoms with E-state index in [0.717, 1.165) is 36.5 Å². The minimum absolute atomic E-state index is 0.0193. The summed E-state index contributed by atoms with van der Waals surface area (Å²) in [5.41, 5.74) is 4.50. The van der Waals surface area contributed by atoms with Crippen LogP contribution in [0.15, 0.2) is 49.1 Å². The molecule has 0 saturated carbocycles. The standard InChI is InChI=1S/C34H41N7O3/c1-5-31(42)41-17-16-40(19-25(41)12-14-35)33-28-13-15-39(30-11-7-10-24-9-6-8-23(2)32(24)30)20-29(28)36-34(37-33)44-22-27-18-26(21-43-27)38(3)4/h5-11,25-27H,1,12-13,15-22H2,2-4H3/t25-,26?,27-/m0/s1. The molecule has 44 heavy (non-hydrogen) atoms. The van der Waals surface area contributed by atoms with Gasteiger partial charge in [-0.3, -0.25) is 4.79 Å². The third-order valence-corrected chi connectivity index (χ3v) is 9.21. The molecule has 0 aliphatic carbocycles. The van der Waals surface area contributed by atoms with Gasteiger partial charge in [0.05, 0.1) is 43.5 Å². The van der Waals surface area contributed by atoms with Gasteiger partial charge in [-0.25, -0.2) is 0 Å². The number of aryl methyl sites for hydroxylation is 1. The molecule has 3 aromatic rings. The fourth-order valence-electron chi connectivity index (χ4n) is 6.75. The number of aromatic nitrogens is 2. The van der Waals surface area contributed by atoms with Crippen LogP contribution in [0.1, 0.15) is 29.7 Å². The minimum atomic E-state index is -0.247. The van der Waals surface area contributed by atoms with Gasteiger partial charge in [-0.2, -0.15) is 15.2 Å². The van der Waals surface area contributed by atoms with Crippen molar-refractivity contribution in [2.75, 3.05) is 63.3 Å². The predicted octanol–water partition coefficient (Wildman–Crippen LogP) is 3.72. The molecular weight excluding hydrogens is 554 g/mol. The molecule has 230 valence electrons. The molecule has 0 N–H and O–H groups in total. The van der Waals surface area contributed by atoms with Crippen LogP contribution < -0.4 is 14.5 Å². The highest BCUT2D eigenvalue weighted by Crippen LogP contribution is 2.36. The van der Waals surface area contributed by atoms with Crippen LogP contribution in [-0.2, 0) is 22.5 Å². The molecule has 2 saturated heterocycles. The summed E-state index contributed by atoms with van der Waals surface area (Å²) < 4.78 is 12.3. The molecule has 3 atom stereocenters. The van der Waals surface area contributed by atoms with Crippen LogP contribution in [-0.4, -0.2) is 97.4 Å². The molecule has 0 spiro atoms. The van der Waals surface area contributed by atoms with Crippen molar-refractivity contribution < 1.29 is 14.3 Å². The Morgan fingerprint density at radius 3 is 2.75 bits per heavy atom. The van der Waals surface area contributed by atoms with Crippen molar-refractivity contribution in [1.82, 2.24) is 19.8 Å². The second-order valence-corrected chi connectivity index (χ2v) is 12.2. The van der Waals surface area contributed by atoms with Gasteiger partial charge in [0.15, 0.2) is 0 Å². The van der Waals surface area contributed by atoms with Crippen LogP contribution in [0.25, 0.3) is 10.8 Å². The highest BCUT2D eigenvalue weighted by atomic mass is 16.5. The highest BCUT2D eigenvalue weighted by molar-refractivity contribution is 5.97. The second-order valence-electron chi connectivity index (χ2n) is 12.2. The summed E-state index contributed by atoms with van der Waals surface area (Å²) >= 11 is 0. The van der Waals surface area contributed by atoms with Crippen LogP contribution in [0, 0.1) is 18.3 Å². The summed E-state index contributed by atoms with van der Waals surface area (Å²) in [4.78, 5) is 31.1. The lowest BCUT2D eigenvalue weighted by Crippen LogP contribution is -2.55. The molecular formula is C34H41N7O3. The van der Waals surface area contributed by atoms with Crippen LogP contribution in [0.4, 0.5) is 11.5 Å². The number of rotatable bonds is 8. The van der Waals surface area contributed by atoms with Crippen molar-refractivity contribution in [1.29, 1.82) is 5.26 Å². The number of carbonyl (C=O) groups excluding carboxylic acids is 1. The van der Waals surface area contributed by atoms with Crippen LogP contribution >= 0.6 is 0 Å². The number of benzene rings is 2. The van der Waals surface area contributed by atoms with E-state index in [0.29, 0.717) is 51.4 Å². The average molecular weight is 596 g/mol. The van der Waals surface area contributed by atoms with Gasteiger partial charge >= 0.3 is 6.01 Å². The first kappa shape index (κ1) is 29.9. The maximum atomic E-state index is 12.6. The molecule has 1 aromatic heterocycles. The molecule has 10 nitrogen and oxygen atoms in total. The normalized spacial score (nSPS) is 21.8. The van der Waals surface area contributed by atoms with Crippen LogP contribution in [0.3, 0.4) is 0 Å². The maximum absolute atomic E-state index is 12.6. The molecule has 2 fully saturated rings. The molecule has 2 aromatic carbocycles. The van der Waals surface area contributed by atoms with Gasteiger partial charge in [0.2, 0.25) is 5.91 Å². The van der Waals surface area contributed by atoms with Crippen molar-refractivity contribution >= 4 is 28.2 Å². The monoisotopic (exact) mass is 595 g/mol. The van der Waals surface area contributed by atoms with Gasteiger partial charge in [-0.1, -0.05) is 36.9 Å².